The van der Waals surface area contributed by atoms with Crippen LogP contribution in [0.25, 0.3) is 0 Å². The van der Waals surface area contributed by atoms with Gasteiger partial charge in [0.05, 0.1) is 13.0 Å². The molecule has 0 bridgehead atoms. The highest BCUT2D eigenvalue weighted by Gasteiger charge is 2.42. The average molecular weight is 183 g/mol. The first-order valence-corrected chi connectivity index (χ1v) is 5.09. The lowest BCUT2D eigenvalue weighted by Crippen LogP contribution is -2.56. The third-order valence-electron chi connectivity index (χ3n) is 3.48. The van der Waals surface area contributed by atoms with Gasteiger partial charge >= 0.3 is 5.97 Å². The predicted octanol–water partition coefficient (Wildman–Crippen LogP) is 1.08. The van der Waals surface area contributed by atoms with Crippen LogP contribution in [0.5, 0.6) is 0 Å². The fourth-order valence-electron chi connectivity index (χ4n) is 2.51. The molecule has 0 aromatic rings. The molecule has 1 atom stereocenters. The van der Waals surface area contributed by atoms with Crippen molar-refractivity contribution in [3.8, 4) is 0 Å². The summed E-state index contributed by atoms with van der Waals surface area (Å²) < 4.78 is 4.78. The van der Waals surface area contributed by atoms with Crippen LogP contribution in [0.4, 0.5) is 0 Å². The molecular weight excluding hydrogens is 166 g/mol. The molecule has 13 heavy (non-hydrogen) atoms. The van der Waals surface area contributed by atoms with E-state index in [0.29, 0.717) is 5.54 Å². The molecule has 3 heteroatoms. The van der Waals surface area contributed by atoms with E-state index in [1.54, 1.807) is 0 Å². The van der Waals surface area contributed by atoms with Crippen LogP contribution in [0.2, 0.25) is 0 Å². The monoisotopic (exact) mass is 183 g/mol. The van der Waals surface area contributed by atoms with E-state index in [4.69, 9.17) is 4.74 Å². The van der Waals surface area contributed by atoms with Crippen LogP contribution in [0.15, 0.2) is 0 Å². The summed E-state index contributed by atoms with van der Waals surface area (Å²) in [5, 5.41) is 3.53. The second-order valence-corrected chi connectivity index (χ2v) is 4.27. The molecule has 1 heterocycles. The van der Waals surface area contributed by atoms with Crippen molar-refractivity contribution in [2.75, 3.05) is 13.7 Å². The van der Waals surface area contributed by atoms with Gasteiger partial charge in [0, 0.05) is 5.54 Å². The fourth-order valence-corrected chi connectivity index (χ4v) is 2.51. The number of carbonyl (C=O) groups is 1. The third-order valence-corrected chi connectivity index (χ3v) is 3.48. The summed E-state index contributed by atoms with van der Waals surface area (Å²) in [6.45, 7) is 0.972. The Balaban J connectivity index is 1.95. The minimum Gasteiger partial charge on any atom is -0.469 e. The van der Waals surface area contributed by atoms with Crippen LogP contribution >= 0.6 is 0 Å². The quantitative estimate of drug-likeness (QED) is 0.618. The maximum Gasteiger partial charge on any atom is 0.308 e. The highest BCUT2D eigenvalue weighted by Crippen LogP contribution is 2.40. The number of ether oxygens (including phenoxy) is 1. The van der Waals surface area contributed by atoms with Gasteiger partial charge in [0.2, 0.25) is 0 Å². The number of piperidine rings is 1. The van der Waals surface area contributed by atoms with E-state index < -0.39 is 0 Å². The maximum atomic E-state index is 11.3. The summed E-state index contributed by atoms with van der Waals surface area (Å²) in [4.78, 5) is 11.3. The third kappa shape index (κ3) is 1.57. The zero-order valence-electron chi connectivity index (χ0n) is 8.14. The number of hydrogen-bond donors (Lipinski definition) is 1. The highest BCUT2D eigenvalue weighted by molar-refractivity contribution is 5.72. The van der Waals surface area contributed by atoms with Crippen LogP contribution in [-0.4, -0.2) is 25.2 Å². The summed E-state index contributed by atoms with van der Waals surface area (Å²) in [6.07, 6.45) is 5.70. The number of rotatable bonds is 1. The van der Waals surface area contributed by atoms with Gasteiger partial charge in [0.25, 0.3) is 0 Å². The zero-order valence-corrected chi connectivity index (χ0v) is 8.14. The standard InChI is InChI=1S/C10H17NO2/c1-13-9(12)8-3-6-11-10(7-8)4-2-5-10/h8,11H,2-7H2,1H3. The van der Waals surface area contributed by atoms with Crippen molar-refractivity contribution in [1.29, 1.82) is 0 Å². The second-order valence-electron chi connectivity index (χ2n) is 4.27. The number of hydrogen-bond acceptors (Lipinski definition) is 3. The Morgan fingerprint density at radius 3 is 2.85 bits per heavy atom. The smallest absolute Gasteiger partial charge is 0.308 e. The van der Waals surface area contributed by atoms with Gasteiger partial charge in [0.15, 0.2) is 0 Å². The first kappa shape index (κ1) is 9.00. The first-order chi connectivity index (χ1) is 6.26. The minimum absolute atomic E-state index is 0.0206. The normalized spacial score (nSPS) is 31.0. The number of esters is 1. The molecule has 1 unspecified atom stereocenters. The second kappa shape index (κ2) is 3.29. The Labute approximate surface area is 78.8 Å². The molecule has 0 aromatic carbocycles. The van der Waals surface area contributed by atoms with Crippen LogP contribution in [0, 0.1) is 5.92 Å². The average Bonchev–Trinajstić information content (AvgIpc) is 2.14. The van der Waals surface area contributed by atoms with Crippen LogP contribution in [-0.2, 0) is 9.53 Å². The van der Waals surface area contributed by atoms with Crippen molar-refractivity contribution in [3.63, 3.8) is 0 Å². The SMILES string of the molecule is COC(=O)C1CCNC2(CCC2)C1. The van der Waals surface area contributed by atoms with Crippen molar-refractivity contribution in [3.05, 3.63) is 0 Å². The molecule has 0 amide bonds. The van der Waals surface area contributed by atoms with E-state index in [1.165, 1.54) is 26.4 Å². The maximum absolute atomic E-state index is 11.3. The van der Waals surface area contributed by atoms with Gasteiger partial charge in [-0.1, -0.05) is 0 Å². The molecule has 2 rings (SSSR count). The Kier molecular flexibility index (Phi) is 2.28. The van der Waals surface area contributed by atoms with E-state index in [0.717, 1.165) is 19.4 Å². The van der Waals surface area contributed by atoms with Crippen molar-refractivity contribution >= 4 is 5.97 Å². The Morgan fingerprint density at radius 2 is 2.31 bits per heavy atom. The topological polar surface area (TPSA) is 38.3 Å². The summed E-state index contributed by atoms with van der Waals surface area (Å²) in [7, 11) is 1.48. The van der Waals surface area contributed by atoms with E-state index in [1.807, 2.05) is 0 Å². The minimum atomic E-state index is -0.0206. The highest BCUT2D eigenvalue weighted by atomic mass is 16.5. The molecule has 2 fully saturated rings. The molecule has 1 N–H and O–H groups in total. The molecule has 1 aliphatic carbocycles. The first-order valence-electron chi connectivity index (χ1n) is 5.09. The number of methoxy groups -OCH3 is 1. The van der Waals surface area contributed by atoms with E-state index in [9.17, 15) is 4.79 Å². The molecule has 0 aromatic heterocycles. The zero-order chi connectivity index (χ0) is 9.31. The molecule has 0 radical (unpaired) electrons. The lowest BCUT2D eigenvalue weighted by molar-refractivity contribution is -0.148. The van der Waals surface area contributed by atoms with E-state index in [-0.39, 0.29) is 11.9 Å². The summed E-state index contributed by atoms with van der Waals surface area (Å²) in [6, 6.07) is 0. The van der Waals surface area contributed by atoms with Crippen molar-refractivity contribution < 1.29 is 9.53 Å². The molecule has 74 valence electrons. The Hall–Kier alpha value is -0.570. The fraction of sp³-hybridized carbons (Fsp3) is 0.900. The molecule has 1 spiro atoms. The van der Waals surface area contributed by atoms with Crippen LogP contribution < -0.4 is 5.32 Å². The number of carbonyl (C=O) groups excluding carboxylic acids is 1. The van der Waals surface area contributed by atoms with Gasteiger partial charge in [-0.3, -0.25) is 4.79 Å². The van der Waals surface area contributed by atoms with Gasteiger partial charge < -0.3 is 10.1 Å². The van der Waals surface area contributed by atoms with Crippen molar-refractivity contribution in [2.45, 2.75) is 37.6 Å². The molecule has 1 saturated carbocycles. The van der Waals surface area contributed by atoms with E-state index in [2.05, 4.69) is 5.32 Å². The van der Waals surface area contributed by atoms with Gasteiger partial charge in [-0.2, -0.15) is 0 Å². The molecule has 1 aliphatic heterocycles. The summed E-state index contributed by atoms with van der Waals surface area (Å²) in [5.74, 6) is 0.124. The summed E-state index contributed by atoms with van der Waals surface area (Å²) >= 11 is 0. The van der Waals surface area contributed by atoms with Gasteiger partial charge in [-0.05, 0) is 38.6 Å². The molecular formula is C10H17NO2. The van der Waals surface area contributed by atoms with E-state index >= 15 is 0 Å². The van der Waals surface area contributed by atoms with Crippen LogP contribution in [0.3, 0.4) is 0 Å². The van der Waals surface area contributed by atoms with Crippen molar-refractivity contribution in [2.24, 2.45) is 5.92 Å². The lowest BCUT2D eigenvalue weighted by atomic mass is 9.68. The lowest BCUT2D eigenvalue weighted by Gasteiger charge is -2.47. The predicted molar refractivity (Wildman–Crippen MR) is 49.3 cm³/mol. The Morgan fingerprint density at radius 1 is 1.54 bits per heavy atom. The van der Waals surface area contributed by atoms with Crippen LogP contribution in [0.1, 0.15) is 32.1 Å². The van der Waals surface area contributed by atoms with Gasteiger partial charge in [-0.15, -0.1) is 0 Å². The largest absolute Gasteiger partial charge is 0.469 e. The van der Waals surface area contributed by atoms with Crippen molar-refractivity contribution in [1.82, 2.24) is 5.32 Å². The molecule has 1 saturated heterocycles. The summed E-state index contributed by atoms with van der Waals surface area (Å²) in [5.41, 5.74) is 0.303. The van der Waals surface area contributed by atoms with Gasteiger partial charge in [-0.25, -0.2) is 0 Å². The Bertz CT molecular complexity index is 211. The molecule has 2 aliphatic rings. The molecule has 3 nitrogen and oxygen atoms in total. The number of nitrogens with one attached hydrogen (secondary N) is 1. The van der Waals surface area contributed by atoms with Gasteiger partial charge in [0.1, 0.15) is 0 Å².